The summed E-state index contributed by atoms with van der Waals surface area (Å²) in [6.45, 7) is 0. The van der Waals surface area contributed by atoms with E-state index in [1.165, 1.54) is 32.7 Å². The van der Waals surface area contributed by atoms with Gasteiger partial charge in [0, 0.05) is 17.2 Å². The number of anilines is 1. The molecule has 4 aromatic rings. The smallest absolute Gasteiger partial charge is 0.248 e. The van der Waals surface area contributed by atoms with Gasteiger partial charge in [-0.15, -0.1) is 0 Å². The van der Waals surface area contributed by atoms with Crippen LogP contribution in [-0.2, 0) is 0 Å². The molecule has 1 aliphatic heterocycles. The van der Waals surface area contributed by atoms with Gasteiger partial charge in [0.15, 0.2) is 0 Å². The van der Waals surface area contributed by atoms with E-state index >= 15 is 0 Å². The van der Waals surface area contributed by atoms with Crippen molar-refractivity contribution >= 4 is 33.1 Å². The molecule has 1 heterocycles. The Labute approximate surface area is 175 Å². The van der Waals surface area contributed by atoms with Gasteiger partial charge in [-0.25, -0.2) is 0 Å². The van der Waals surface area contributed by atoms with Crippen LogP contribution in [0.3, 0.4) is 0 Å². The first-order valence-corrected chi connectivity index (χ1v) is 10.5. The first-order chi connectivity index (χ1) is 14.7. The second kappa shape index (κ2) is 6.46. The van der Waals surface area contributed by atoms with Crippen molar-refractivity contribution in [3.05, 3.63) is 102 Å². The standard InChI is InChI=1S/C27H22N2O/c28-27(30)18-12-13-24-23(15-18)21-10-5-11-22(21)26(29-24)25-19-8-3-1-6-16(19)14-17-7-2-4-9-20(17)25/h1-10,12-15,21-22,26,29H,11H2,(H2,28,30). The lowest BCUT2D eigenvalue weighted by Gasteiger charge is -2.38. The number of amides is 1. The molecule has 0 aromatic heterocycles. The number of nitrogens with one attached hydrogen (secondary N) is 1. The van der Waals surface area contributed by atoms with Gasteiger partial charge in [0.05, 0.1) is 6.04 Å². The van der Waals surface area contributed by atoms with Crippen LogP contribution in [0.4, 0.5) is 5.69 Å². The van der Waals surface area contributed by atoms with Gasteiger partial charge in [-0.1, -0.05) is 60.7 Å². The fourth-order valence-corrected chi connectivity index (χ4v) is 5.42. The van der Waals surface area contributed by atoms with Crippen molar-refractivity contribution in [2.24, 2.45) is 11.7 Å². The monoisotopic (exact) mass is 390 g/mol. The Bertz CT molecular complexity index is 1300. The van der Waals surface area contributed by atoms with Gasteiger partial charge in [0.1, 0.15) is 0 Å². The maximum atomic E-state index is 11.7. The van der Waals surface area contributed by atoms with E-state index in [0.29, 0.717) is 11.5 Å². The minimum atomic E-state index is -0.376. The van der Waals surface area contributed by atoms with Crippen LogP contribution in [0.2, 0.25) is 0 Å². The highest BCUT2D eigenvalue weighted by Gasteiger charge is 2.39. The maximum Gasteiger partial charge on any atom is 0.248 e. The Morgan fingerprint density at radius 3 is 2.30 bits per heavy atom. The molecular formula is C27H22N2O. The molecule has 3 heteroatoms. The minimum Gasteiger partial charge on any atom is -0.378 e. The molecule has 0 fully saturated rings. The number of hydrogen-bond acceptors (Lipinski definition) is 2. The molecule has 6 rings (SSSR count). The van der Waals surface area contributed by atoms with E-state index in [1.807, 2.05) is 18.2 Å². The van der Waals surface area contributed by atoms with Gasteiger partial charge in [-0.2, -0.15) is 0 Å². The summed E-state index contributed by atoms with van der Waals surface area (Å²) in [7, 11) is 0. The molecule has 3 unspecified atom stereocenters. The molecule has 3 nitrogen and oxygen atoms in total. The molecule has 30 heavy (non-hydrogen) atoms. The Balaban J connectivity index is 1.60. The Morgan fingerprint density at radius 1 is 0.900 bits per heavy atom. The van der Waals surface area contributed by atoms with Crippen LogP contribution >= 0.6 is 0 Å². The molecule has 4 aromatic carbocycles. The van der Waals surface area contributed by atoms with Gasteiger partial charge in [0.2, 0.25) is 5.91 Å². The van der Waals surface area contributed by atoms with Crippen molar-refractivity contribution in [1.82, 2.24) is 0 Å². The van der Waals surface area contributed by atoms with Crippen molar-refractivity contribution in [1.29, 1.82) is 0 Å². The number of rotatable bonds is 2. The van der Waals surface area contributed by atoms with E-state index in [2.05, 4.69) is 72.1 Å². The topological polar surface area (TPSA) is 55.1 Å². The van der Waals surface area contributed by atoms with Gasteiger partial charge >= 0.3 is 0 Å². The summed E-state index contributed by atoms with van der Waals surface area (Å²) in [6.07, 6.45) is 5.60. The van der Waals surface area contributed by atoms with E-state index in [9.17, 15) is 4.79 Å². The van der Waals surface area contributed by atoms with Gasteiger partial charge in [-0.05, 0) is 69.3 Å². The van der Waals surface area contributed by atoms with Gasteiger partial charge in [0.25, 0.3) is 0 Å². The molecule has 1 aliphatic carbocycles. The molecule has 146 valence electrons. The fraction of sp³-hybridized carbons (Fsp3) is 0.148. The van der Waals surface area contributed by atoms with E-state index in [4.69, 9.17) is 5.73 Å². The Morgan fingerprint density at radius 2 is 1.60 bits per heavy atom. The van der Waals surface area contributed by atoms with Crippen molar-refractivity contribution < 1.29 is 4.79 Å². The molecule has 0 saturated carbocycles. The van der Waals surface area contributed by atoms with Gasteiger partial charge in [-0.3, -0.25) is 4.79 Å². The van der Waals surface area contributed by atoms with Crippen molar-refractivity contribution in [3.8, 4) is 0 Å². The third-order valence-corrected chi connectivity index (χ3v) is 6.77. The van der Waals surface area contributed by atoms with Crippen LogP contribution in [0.5, 0.6) is 0 Å². The average molecular weight is 390 g/mol. The highest BCUT2D eigenvalue weighted by atomic mass is 16.1. The van der Waals surface area contributed by atoms with Crippen molar-refractivity contribution in [2.75, 3.05) is 5.32 Å². The summed E-state index contributed by atoms with van der Waals surface area (Å²) >= 11 is 0. The highest BCUT2D eigenvalue weighted by Crippen LogP contribution is 2.52. The lowest BCUT2D eigenvalue weighted by atomic mass is 9.75. The van der Waals surface area contributed by atoms with Crippen molar-refractivity contribution in [3.63, 3.8) is 0 Å². The molecule has 0 spiro atoms. The molecule has 1 amide bonds. The third kappa shape index (κ3) is 2.48. The molecular weight excluding hydrogens is 368 g/mol. The Kier molecular flexibility index (Phi) is 3.72. The summed E-state index contributed by atoms with van der Waals surface area (Å²) in [5.41, 5.74) is 9.75. The van der Waals surface area contributed by atoms with Crippen LogP contribution < -0.4 is 11.1 Å². The van der Waals surface area contributed by atoms with E-state index in [1.54, 1.807) is 0 Å². The van der Waals surface area contributed by atoms with E-state index in [-0.39, 0.29) is 17.9 Å². The molecule has 2 aliphatic rings. The zero-order chi connectivity index (χ0) is 20.2. The summed E-state index contributed by atoms with van der Waals surface area (Å²) < 4.78 is 0. The molecule has 0 saturated heterocycles. The van der Waals surface area contributed by atoms with Crippen LogP contribution in [-0.4, -0.2) is 5.91 Å². The Hall–Kier alpha value is -3.59. The molecule has 3 atom stereocenters. The minimum absolute atomic E-state index is 0.188. The maximum absolute atomic E-state index is 11.7. The predicted octanol–water partition coefficient (Wildman–Crippen LogP) is 5.92. The van der Waals surface area contributed by atoms with Crippen molar-refractivity contribution in [2.45, 2.75) is 18.4 Å². The largest absolute Gasteiger partial charge is 0.378 e. The highest BCUT2D eigenvalue weighted by molar-refractivity contribution is 6.03. The molecule has 0 bridgehead atoms. The first-order valence-electron chi connectivity index (χ1n) is 10.5. The number of allylic oxidation sites excluding steroid dienone is 2. The quantitative estimate of drug-likeness (QED) is 0.330. The zero-order valence-corrected chi connectivity index (χ0v) is 16.5. The van der Waals surface area contributed by atoms with Crippen LogP contribution in [0.1, 0.15) is 39.9 Å². The van der Waals surface area contributed by atoms with E-state index in [0.717, 1.165) is 12.1 Å². The number of primary amides is 1. The summed E-state index contributed by atoms with van der Waals surface area (Å²) in [4.78, 5) is 11.7. The fourth-order valence-electron chi connectivity index (χ4n) is 5.42. The van der Waals surface area contributed by atoms with Gasteiger partial charge < -0.3 is 11.1 Å². The number of carbonyl (C=O) groups excluding carboxylic acids is 1. The second-order valence-corrected chi connectivity index (χ2v) is 8.37. The number of hydrogen-bond donors (Lipinski definition) is 2. The lowest BCUT2D eigenvalue weighted by Crippen LogP contribution is -2.29. The number of fused-ring (bicyclic) bond motifs is 5. The van der Waals surface area contributed by atoms with Crippen LogP contribution in [0.25, 0.3) is 21.5 Å². The first kappa shape index (κ1) is 17.3. The number of benzene rings is 4. The zero-order valence-electron chi connectivity index (χ0n) is 16.5. The SMILES string of the molecule is NC(=O)c1ccc2c(c1)C1C=CCC1C(c1c3ccccc3cc3ccccc13)N2. The van der Waals surface area contributed by atoms with Crippen LogP contribution in [0, 0.1) is 5.92 Å². The second-order valence-electron chi connectivity index (χ2n) is 8.37. The number of carbonyl (C=O) groups is 1. The normalized spacial score (nSPS) is 21.9. The summed E-state index contributed by atoms with van der Waals surface area (Å²) in [5.74, 6) is 0.302. The third-order valence-electron chi connectivity index (χ3n) is 6.77. The lowest BCUT2D eigenvalue weighted by molar-refractivity contribution is 0.1000. The number of nitrogens with two attached hydrogens (primary N) is 1. The summed E-state index contributed by atoms with van der Waals surface area (Å²) in [5, 5.41) is 8.99. The summed E-state index contributed by atoms with van der Waals surface area (Å²) in [6, 6.07) is 25.6. The predicted molar refractivity (Wildman–Crippen MR) is 123 cm³/mol. The van der Waals surface area contributed by atoms with E-state index < -0.39 is 0 Å². The average Bonchev–Trinajstić information content (AvgIpc) is 3.27. The molecule has 0 radical (unpaired) electrons. The molecule has 3 N–H and O–H groups in total. The van der Waals surface area contributed by atoms with Crippen LogP contribution in [0.15, 0.2) is 84.9 Å².